The second-order valence-corrected chi connectivity index (χ2v) is 6.24. The maximum atomic E-state index is 12.2. The number of likely N-dealkylation sites (N-methyl/N-ethyl adjacent to an activating group) is 1. The lowest BCUT2D eigenvalue weighted by atomic mass is 9.89. The van der Waals surface area contributed by atoms with Crippen molar-refractivity contribution < 1.29 is 0 Å². The van der Waals surface area contributed by atoms with Crippen molar-refractivity contribution >= 4 is 16.7 Å². The zero-order valence-electron chi connectivity index (χ0n) is 13.4. The van der Waals surface area contributed by atoms with Gasteiger partial charge in [-0.25, -0.2) is 4.68 Å². The lowest BCUT2D eigenvalue weighted by Crippen LogP contribution is -2.45. The third kappa shape index (κ3) is 2.70. The lowest BCUT2D eigenvalue weighted by Gasteiger charge is -2.36. The first-order valence-electron chi connectivity index (χ1n) is 7.83. The van der Waals surface area contributed by atoms with Crippen LogP contribution < -0.4 is 10.9 Å². The number of aryl methyl sites for hydroxylation is 1. The molecule has 1 saturated carbocycles. The molecular formula is C16H23N5O. The Morgan fingerprint density at radius 2 is 2.09 bits per heavy atom. The summed E-state index contributed by atoms with van der Waals surface area (Å²) in [7, 11) is 5.93. The largest absolute Gasteiger partial charge is 0.363 e. The van der Waals surface area contributed by atoms with Crippen molar-refractivity contribution in [3.05, 3.63) is 28.7 Å². The maximum absolute atomic E-state index is 12.2. The molecule has 0 aromatic carbocycles. The van der Waals surface area contributed by atoms with Crippen LogP contribution in [-0.4, -0.2) is 45.8 Å². The van der Waals surface area contributed by atoms with Gasteiger partial charge in [0.05, 0.1) is 5.39 Å². The second kappa shape index (κ2) is 6.04. The summed E-state index contributed by atoms with van der Waals surface area (Å²) in [6.07, 6.45) is 6.49. The number of nitrogens with one attached hydrogen (secondary N) is 1. The van der Waals surface area contributed by atoms with Crippen molar-refractivity contribution in [3.63, 3.8) is 0 Å². The third-order valence-corrected chi connectivity index (χ3v) is 4.52. The van der Waals surface area contributed by atoms with Gasteiger partial charge in [0, 0.05) is 25.3 Å². The van der Waals surface area contributed by atoms with Gasteiger partial charge in [-0.3, -0.25) is 9.78 Å². The number of rotatable bonds is 3. The van der Waals surface area contributed by atoms with Gasteiger partial charge in [0.2, 0.25) is 0 Å². The van der Waals surface area contributed by atoms with Crippen LogP contribution in [0.25, 0.3) is 10.9 Å². The van der Waals surface area contributed by atoms with E-state index < -0.39 is 0 Å². The van der Waals surface area contributed by atoms with E-state index in [1.165, 1.54) is 23.9 Å². The Balaban J connectivity index is 2.00. The van der Waals surface area contributed by atoms with Crippen LogP contribution in [0.5, 0.6) is 0 Å². The molecule has 6 heteroatoms. The highest BCUT2D eigenvalue weighted by Crippen LogP contribution is 2.26. The van der Waals surface area contributed by atoms with E-state index in [-0.39, 0.29) is 5.56 Å². The summed E-state index contributed by atoms with van der Waals surface area (Å²) in [4.78, 5) is 18.8. The summed E-state index contributed by atoms with van der Waals surface area (Å²) in [5.74, 6) is 0.705. The number of aromatic nitrogens is 3. The molecule has 0 spiro atoms. The van der Waals surface area contributed by atoms with Crippen molar-refractivity contribution in [2.45, 2.75) is 37.8 Å². The monoisotopic (exact) mass is 301 g/mol. The number of hydrogen-bond donors (Lipinski definition) is 1. The minimum absolute atomic E-state index is 0.110. The van der Waals surface area contributed by atoms with E-state index in [2.05, 4.69) is 34.4 Å². The number of anilines is 1. The van der Waals surface area contributed by atoms with Crippen LogP contribution in [0.1, 0.15) is 25.7 Å². The van der Waals surface area contributed by atoms with Gasteiger partial charge in [0.15, 0.2) is 5.82 Å². The molecule has 3 rings (SSSR count). The summed E-state index contributed by atoms with van der Waals surface area (Å²) in [6.45, 7) is 0. The van der Waals surface area contributed by atoms with Gasteiger partial charge in [-0.1, -0.05) is 12.8 Å². The molecule has 0 saturated heterocycles. The van der Waals surface area contributed by atoms with Crippen molar-refractivity contribution in [2.75, 3.05) is 19.4 Å². The molecule has 1 aliphatic carbocycles. The van der Waals surface area contributed by atoms with Crippen LogP contribution in [-0.2, 0) is 7.05 Å². The molecule has 2 atom stereocenters. The zero-order valence-corrected chi connectivity index (χ0v) is 13.4. The molecule has 0 radical (unpaired) electrons. The van der Waals surface area contributed by atoms with Gasteiger partial charge in [-0.2, -0.15) is 5.10 Å². The van der Waals surface area contributed by atoms with E-state index in [4.69, 9.17) is 0 Å². The fourth-order valence-electron chi connectivity index (χ4n) is 3.35. The van der Waals surface area contributed by atoms with Gasteiger partial charge in [0.25, 0.3) is 5.56 Å². The molecular weight excluding hydrogens is 278 g/mol. The Morgan fingerprint density at radius 3 is 2.86 bits per heavy atom. The van der Waals surface area contributed by atoms with Crippen LogP contribution in [0.4, 0.5) is 5.82 Å². The van der Waals surface area contributed by atoms with E-state index in [1.54, 1.807) is 19.3 Å². The summed E-state index contributed by atoms with van der Waals surface area (Å²) >= 11 is 0. The Bertz CT molecular complexity index is 724. The van der Waals surface area contributed by atoms with E-state index in [1.807, 2.05) is 6.07 Å². The first-order chi connectivity index (χ1) is 10.6. The zero-order chi connectivity index (χ0) is 15.7. The average Bonchev–Trinajstić information content (AvgIpc) is 2.53. The molecule has 2 heterocycles. The lowest BCUT2D eigenvalue weighted by molar-refractivity contribution is 0.211. The molecule has 0 aliphatic heterocycles. The summed E-state index contributed by atoms with van der Waals surface area (Å²) in [5, 5.41) is 8.56. The Hall–Kier alpha value is -1.95. The molecule has 1 aliphatic rings. The van der Waals surface area contributed by atoms with Gasteiger partial charge in [0.1, 0.15) is 5.52 Å². The van der Waals surface area contributed by atoms with Crippen molar-refractivity contribution in [1.29, 1.82) is 0 Å². The molecule has 22 heavy (non-hydrogen) atoms. The molecule has 0 unspecified atom stereocenters. The van der Waals surface area contributed by atoms with Crippen LogP contribution in [0.15, 0.2) is 23.1 Å². The molecule has 1 N–H and O–H groups in total. The first-order valence-corrected chi connectivity index (χ1v) is 7.83. The van der Waals surface area contributed by atoms with E-state index >= 15 is 0 Å². The first kappa shape index (κ1) is 15.0. The van der Waals surface area contributed by atoms with Crippen LogP contribution in [0.2, 0.25) is 0 Å². The minimum atomic E-state index is -0.110. The van der Waals surface area contributed by atoms with Crippen LogP contribution in [0, 0.1) is 0 Å². The fourth-order valence-corrected chi connectivity index (χ4v) is 3.35. The van der Waals surface area contributed by atoms with Crippen molar-refractivity contribution in [3.8, 4) is 0 Å². The van der Waals surface area contributed by atoms with Crippen LogP contribution in [0.3, 0.4) is 0 Å². The molecule has 0 amide bonds. The molecule has 2 aromatic heterocycles. The van der Waals surface area contributed by atoms with E-state index in [0.29, 0.717) is 28.8 Å². The quantitative estimate of drug-likeness (QED) is 0.933. The van der Waals surface area contributed by atoms with Crippen molar-refractivity contribution in [2.24, 2.45) is 7.05 Å². The number of hydrogen-bond acceptors (Lipinski definition) is 5. The minimum Gasteiger partial charge on any atom is -0.363 e. The van der Waals surface area contributed by atoms with Crippen LogP contribution >= 0.6 is 0 Å². The highest BCUT2D eigenvalue weighted by molar-refractivity contribution is 5.87. The van der Waals surface area contributed by atoms with Gasteiger partial charge in [-0.05, 0) is 39.1 Å². The Labute approximate surface area is 130 Å². The topological polar surface area (TPSA) is 63.1 Å². The summed E-state index contributed by atoms with van der Waals surface area (Å²) in [5.41, 5.74) is 0.551. The number of fused-ring (bicyclic) bond motifs is 1. The number of pyridine rings is 1. The smallest absolute Gasteiger partial charge is 0.276 e. The maximum Gasteiger partial charge on any atom is 0.276 e. The third-order valence-electron chi connectivity index (χ3n) is 4.52. The molecule has 1 fully saturated rings. The Morgan fingerprint density at radius 1 is 1.32 bits per heavy atom. The molecule has 6 nitrogen and oxygen atoms in total. The normalized spacial score (nSPS) is 22.2. The number of nitrogens with zero attached hydrogens (tertiary/aromatic N) is 4. The van der Waals surface area contributed by atoms with Crippen molar-refractivity contribution in [1.82, 2.24) is 19.7 Å². The second-order valence-electron chi connectivity index (χ2n) is 6.24. The highest BCUT2D eigenvalue weighted by atomic mass is 16.1. The summed E-state index contributed by atoms with van der Waals surface area (Å²) < 4.78 is 1.39. The fraction of sp³-hybridized carbons (Fsp3) is 0.562. The Kier molecular flexibility index (Phi) is 4.11. The molecule has 2 aromatic rings. The molecule has 0 bridgehead atoms. The standard InChI is InChI=1S/C16H23N5O/c1-20(2)13-9-5-4-8-12(13)18-15-14-11(7-6-10-17-14)16(22)21(3)19-15/h6-7,10,12-13H,4-5,8-9H2,1-3H3,(H,18,19)/t12-,13+/m0/s1. The van der Waals surface area contributed by atoms with Gasteiger partial charge < -0.3 is 10.2 Å². The van der Waals surface area contributed by atoms with Gasteiger partial charge in [-0.15, -0.1) is 0 Å². The summed E-state index contributed by atoms with van der Waals surface area (Å²) in [6, 6.07) is 4.41. The highest BCUT2D eigenvalue weighted by Gasteiger charge is 2.27. The van der Waals surface area contributed by atoms with Gasteiger partial charge >= 0.3 is 0 Å². The average molecular weight is 301 g/mol. The van der Waals surface area contributed by atoms with E-state index in [9.17, 15) is 4.79 Å². The predicted octanol–water partition coefficient (Wildman–Crippen LogP) is 1.61. The van der Waals surface area contributed by atoms with E-state index in [0.717, 1.165) is 6.42 Å². The SMILES string of the molecule is CN(C)[C@@H]1CCCC[C@@H]1Nc1nn(C)c(=O)c2cccnc12. The predicted molar refractivity (Wildman–Crippen MR) is 88.1 cm³/mol. The molecule has 118 valence electrons.